The first-order valence-electron chi connectivity index (χ1n) is 9.75. The van der Waals surface area contributed by atoms with Crippen molar-refractivity contribution in [2.75, 3.05) is 6.54 Å². The second-order valence-corrected chi connectivity index (χ2v) is 9.45. The van der Waals surface area contributed by atoms with E-state index in [-0.39, 0.29) is 16.4 Å². The fourth-order valence-electron chi connectivity index (χ4n) is 3.24. The molecular formula is C24H18ClNO5S. The summed E-state index contributed by atoms with van der Waals surface area (Å²) in [4.78, 5) is 24.3. The van der Waals surface area contributed by atoms with E-state index in [0.717, 1.165) is 5.56 Å². The zero-order valence-corrected chi connectivity index (χ0v) is 18.3. The third-order valence-corrected chi connectivity index (χ3v) is 6.93. The van der Waals surface area contributed by atoms with Gasteiger partial charge in [-0.05, 0) is 60.5 Å². The zero-order chi connectivity index (χ0) is 22.7. The van der Waals surface area contributed by atoms with Crippen molar-refractivity contribution in [1.29, 1.82) is 0 Å². The van der Waals surface area contributed by atoms with Crippen LogP contribution in [0.2, 0.25) is 5.02 Å². The maximum absolute atomic E-state index is 12.9. The number of hydrogen-bond acceptors (Lipinski definition) is 5. The Kier molecular flexibility index (Phi) is 6.12. The summed E-state index contributed by atoms with van der Waals surface area (Å²) in [5.41, 5.74) is 0.637. The number of benzene rings is 3. The van der Waals surface area contributed by atoms with E-state index in [1.54, 1.807) is 0 Å². The highest BCUT2D eigenvalue weighted by atomic mass is 35.5. The molecule has 0 aliphatic heterocycles. The molecule has 8 heteroatoms. The molecule has 0 saturated carbocycles. The van der Waals surface area contributed by atoms with Gasteiger partial charge >= 0.3 is 5.63 Å². The van der Waals surface area contributed by atoms with Crippen LogP contribution in [0.4, 0.5) is 0 Å². The van der Waals surface area contributed by atoms with Crippen LogP contribution < -0.4 is 10.9 Å². The van der Waals surface area contributed by atoms with Crippen LogP contribution in [-0.4, -0.2) is 20.9 Å². The molecule has 0 bridgehead atoms. The van der Waals surface area contributed by atoms with Crippen LogP contribution >= 0.6 is 11.6 Å². The summed E-state index contributed by atoms with van der Waals surface area (Å²) in [7, 11) is -4.12. The molecule has 0 fully saturated rings. The van der Waals surface area contributed by atoms with Crippen molar-refractivity contribution in [2.24, 2.45) is 0 Å². The predicted molar refractivity (Wildman–Crippen MR) is 122 cm³/mol. The molecule has 4 rings (SSSR count). The molecule has 0 aliphatic carbocycles. The van der Waals surface area contributed by atoms with Crippen LogP contribution in [-0.2, 0) is 16.3 Å². The summed E-state index contributed by atoms with van der Waals surface area (Å²) >= 11 is 5.82. The minimum absolute atomic E-state index is 0.0802. The van der Waals surface area contributed by atoms with Gasteiger partial charge in [0.05, 0.1) is 4.90 Å². The number of hydrogen-bond donors (Lipinski definition) is 1. The lowest BCUT2D eigenvalue weighted by atomic mass is 10.1. The normalized spacial score (nSPS) is 11.4. The molecular weight excluding hydrogens is 450 g/mol. The minimum atomic E-state index is -4.12. The Morgan fingerprint density at radius 2 is 1.66 bits per heavy atom. The molecule has 6 nitrogen and oxygen atoms in total. The highest BCUT2D eigenvalue weighted by Gasteiger charge is 2.23. The summed E-state index contributed by atoms with van der Waals surface area (Å²) < 4.78 is 31.0. The molecule has 162 valence electrons. The van der Waals surface area contributed by atoms with Crippen molar-refractivity contribution in [3.8, 4) is 0 Å². The van der Waals surface area contributed by atoms with Gasteiger partial charge in [-0.3, -0.25) is 4.79 Å². The van der Waals surface area contributed by atoms with E-state index in [1.165, 1.54) is 48.5 Å². The molecule has 0 unspecified atom stereocenters. The van der Waals surface area contributed by atoms with Crippen LogP contribution in [0.25, 0.3) is 11.0 Å². The van der Waals surface area contributed by atoms with Gasteiger partial charge in [-0.15, -0.1) is 0 Å². The van der Waals surface area contributed by atoms with Gasteiger partial charge in [0, 0.05) is 22.5 Å². The molecule has 0 spiro atoms. The van der Waals surface area contributed by atoms with Gasteiger partial charge < -0.3 is 9.73 Å². The predicted octanol–water partition coefficient (Wildman–Crippen LogP) is 4.25. The Hall–Kier alpha value is -3.42. The fourth-order valence-corrected chi connectivity index (χ4v) is 4.66. The van der Waals surface area contributed by atoms with Crippen molar-refractivity contribution >= 4 is 38.3 Å². The van der Waals surface area contributed by atoms with Crippen LogP contribution in [0, 0.1) is 0 Å². The number of rotatable bonds is 6. The van der Waals surface area contributed by atoms with Crippen LogP contribution in [0.5, 0.6) is 0 Å². The zero-order valence-electron chi connectivity index (χ0n) is 16.7. The number of carbonyl (C=O) groups is 1. The largest absolute Gasteiger partial charge is 0.422 e. The SMILES string of the molecule is O=C(NCCc1ccccc1)c1ccc2oc(=O)c(S(=O)(=O)c3ccc(Cl)cc3)cc2c1. The number of sulfone groups is 1. The number of fused-ring (bicyclic) bond motifs is 1. The van der Waals surface area contributed by atoms with Gasteiger partial charge in [-0.1, -0.05) is 41.9 Å². The van der Waals surface area contributed by atoms with Crippen LogP contribution in [0.15, 0.2) is 97.9 Å². The molecule has 0 saturated heterocycles. The maximum Gasteiger partial charge on any atom is 0.355 e. The van der Waals surface area contributed by atoms with Crippen molar-refractivity contribution in [1.82, 2.24) is 5.32 Å². The number of nitrogens with one attached hydrogen (secondary N) is 1. The van der Waals surface area contributed by atoms with E-state index in [0.29, 0.717) is 28.9 Å². The molecule has 1 amide bonds. The average Bonchev–Trinajstić information content (AvgIpc) is 2.79. The monoisotopic (exact) mass is 467 g/mol. The molecule has 1 aromatic heterocycles. The van der Waals surface area contributed by atoms with E-state index >= 15 is 0 Å². The molecule has 0 aliphatic rings. The summed E-state index contributed by atoms with van der Waals surface area (Å²) in [5, 5.41) is 3.54. The maximum atomic E-state index is 12.9. The lowest BCUT2D eigenvalue weighted by Crippen LogP contribution is -2.25. The van der Waals surface area contributed by atoms with Gasteiger partial charge in [0.1, 0.15) is 5.58 Å². The summed E-state index contributed by atoms with van der Waals surface area (Å²) in [6, 6.07) is 21.0. The minimum Gasteiger partial charge on any atom is -0.422 e. The number of amides is 1. The molecule has 3 aromatic carbocycles. The smallest absolute Gasteiger partial charge is 0.355 e. The van der Waals surface area contributed by atoms with E-state index < -0.39 is 20.4 Å². The average molecular weight is 468 g/mol. The van der Waals surface area contributed by atoms with Crippen molar-refractivity contribution < 1.29 is 17.6 Å². The van der Waals surface area contributed by atoms with Gasteiger partial charge in [0.2, 0.25) is 9.84 Å². The highest BCUT2D eigenvalue weighted by molar-refractivity contribution is 7.91. The van der Waals surface area contributed by atoms with E-state index in [2.05, 4.69) is 5.32 Å². The quantitative estimate of drug-likeness (QED) is 0.428. The molecule has 1 N–H and O–H groups in total. The molecule has 1 heterocycles. The van der Waals surface area contributed by atoms with Crippen molar-refractivity contribution in [3.05, 3.63) is 105 Å². The highest BCUT2D eigenvalue weighted by Crippen LogP contribution is 2.24. The van der Waals surface area contributed by atoms with Gasteiger partial charge in [0.15, 0.2) is 4.90 Å². The lowest BCUT2D eigenvalue weighted by molar-refractivity contribution is 0.0954. The van der Waals surface area contributed by atoms with Gasteiger partial charge in [-0.25, -0.2) is 13.2 Å². The van der Waals surface area contributed by atoms with Crippen molar-refractivity contribution in [2.45, 2.75) is 16.2 Å². The van der Waals surface area contributed by atoms with E-state index in [9.17, 15) is 18.0 Å². The van der Waals surface area contributed by atoms with E-state index in [4.69, 9.17) is 16.0 Å². The fraction of sp³-hybridized carbons (Fsp3) is 0.0833. The Morgan fingerprint density at radius 1 is 0.938 bits per heavy atom. The second kappa shape index (κ2) is 8.98. The Balaban J connectivity index is 1.61. The lowest BCUT2D eigenvalue weighted by Gasteiger charge is -2.08. The third kappa shape index (κ3) is 4.59. The molecule has 0 radical (unpaired) electrons. The molecule has 32 heavy (non-hydrogen) atoms. The third-order valence-electron chi connectivity index (χ3n) is 4.92. The van der Waals surface area contributed by atoms with E-state index in [1.807, 2.05) is 30.3 Å². The first-order valence-corrected chi connectivity index (χ1v) is 11.6. The standard InChI is InChI=1S/C24H18ClNO5S/c25-19-7-9-20(10-8-19)32(29,30)22-15-18-14-17(6-11-21(18)31-24(22)28)23(27)26-13-12-16-4-2-1-3-5-16/h1-11,14-15H,12-13H2,(H,26,27). The molecule has 0 atom stereocenters. The Bertz CT molecular complexity index is 1450. The van der Waals surface area contributed by atoms with Crippen LogP contribution in [0.1, 0.15) is 15.9 Å². The Morgan fingerprint density at radius 3 is 2.38 bits per heavy atom. The first-order chi connectivity index (χ1) is 15.3. The number of halogens is 1. The number of carbonyl (C=O) groups excluding carboxylic acids is 1. The van der Waals surface area contributed by atoms with Gasteiger partial charge in [0.25, 0.3) is 5.91 Å². The summed E-state index contributed by atoms with van der Waals surface area (Å²) in [6.07, 6.45) is 0.679. The van der Waals surface area contributed by atoms with Crippen LogP contribution in [0.3, 0.4) is 0 Å². The summed E-state index contributed by atoms with van der Waals surface area (Å²) in [6.45, 7) is 0.445. The molecule has 4 aromatic rings. The topological polar surface area (TPSA) is 93.4 Å². The summed E-state index contributed by atoms with van der Waals surface area (Å²) in [5.74, 6) is -0.309. The van der Waals surface area contributed by atoms with Gasteiger partial charge in [-0.2, -0.15) is 0 Å². The Labute approximate surface area is 189 Å². The first kappa shape index (κ1) is 21.8. The second-order valence-electron chi connectivity index (χ2n) is 7.10. The van der Waals surface area contributed by atoms with Crippen molar-refractivity contribution in [3.63, 3.8) is 0 Å².